The second-order valence-electron chi connectivity index (χ2n) is 24.1. The SMILES string of the molecule is COc1cc2c(cc1OCCCCCC(=O)N1C[C@@H](CCl)c3c1cc(OCc1ccc(NC(=O)[C@H](CCCNC(N)=O)NC(=O)[C@@H](NC(=O)CCCCCN4C(=O)C=CC4=O)C(C)C)cc1)c1ccccc31)N(C(=O)OC(C)(C)C)[C@@H](O)[C@@H]1CCCN1C2=O. The predicted molar refractivity (Wildman–Crippen MR) is 335 cm³/mol. The molecule has 0 unspecified atom stereocenters. The Labute approximate surface area is 523 Å². The van der Waals surface area contributed by atoms with Crippen LogP contribution in [0.25, 0.3) is 10.8 Å². The number of carbonyl (C=O) groups is 9. The van der Waals surface area contributed by atoms with E-state index in [-0.39, 0.29) is 110 Å². The highest BCUT2D eigenvalue weighted by atomic mass is 35.5. The number of aliphatic hydroxyl groups is 1. The normalized spacial score (nSPS) is 17.6. The maximum atomic E-state index is 14.2. The smallest absolute Gasteiger partial charge is 0.417 e. The van der Waals surface area contributed by atoms with Gasteiger partial charge in [0.15, 0.2) is 17.7 Å². The van der Waals surface area contributed by atoms with Crippen molar-refractivity contribution in [1.82, 2.24) is 25.8 Å². The van der Waals surface area contributed by atoms with Crippen molar-refractivity contribution in [2.45, 2.75) is 154 Å². The lowest BCUT2D eigenvalue weighted by Gasteiger charge is -2.33. The minimum atomic E-state index is -1.35. The average Bonchev–Trinajstić information content (AvgIpc) is 1.70. The second-order valence-corrected chi connectivity index (χ2v) is 24.4. The second kappa shape index (κ2) is 30.2. The van der Waals surface area contributed by atoms with Gasteiger partial charge in [0.05, 0.1) is 36.7 Å². The van der Waals surface area contributed by atoms with Crippen molar-refractivity contribution in [1.29, 1.82) is 0 Å². The summed E-state index contributed by atoms with van der Waals surface area (Å²) in [5.41, 5.74) is 7.64. The van der Waals surface area contributed by atoms with Crippen LogP contribution in [0, 0.1) is 5.92 Å². The molecule has 0 aliphatic carbocycles. The molecule has 24 heteroatoms. The Hall–Kier alpha value is -8.44. The van der Waals surface area contributed by atoms with Crippen molar-refractivity contribution in [3.63, 3.8) is 0 Å². The molecule has 4 aromatic rings. The maximum absolute atomic E-state index is 14.2. The van der Waals surface area contributed by atoms with Crippen LogP contribution in [-0.2, 0) is 40.1 Å². The van der Waals surface area contributed by atoms with E-state index in [1.54, 1.807) is 74.8 Å². The molecule has 89 heavy (non-hydrogen) atoms. The van der Waals surface area contributed by atoms with E-state index in [2.05, 4.69) is 21.3 Å². The highest BCUT2D eigenvalue weighted by molar-refractivity contribution is 6.19. The van der Waals surface area contributed by atoms with Gasteiger partial charge in [0.1, 0.15) is 30.0 Å². The minimum Gasteiger partial charge on any atom is -0.493 e. The Kier molecular flexibility index (Phi) is 22.6. The van der Waals surface area contributed by atoms with Crippen LogP contribution in [0.3, 0.4) is 0 Å². The molecule has 0 spiro atoms. The molecule has 5 atom stereocenters. The molecule has 0 bridgehead atoms. The number of anilines is 3. The third-order valence-electron chi connectivity index (χ3n) is 16.1. The van der Waals surface area contributed by atoms with E-state index in [1.807, 2.05) is 30.3 Å². The van der Waals surface area contributed by atoms with Gasteiger partial charge in [0.25, 0.3) is 17.7 Å². The number of carbonyl (C=O) groups excluding carboxylic acids is 9. The number of methoxy groups -OCH3 is 1. The number of primary amides is 1. The van der Waals surface area contributed by atoms with Crippen LogP contribution >= 0.6 is 11.6 Å². The van der Waals surface area contributed by atoms with Crippen LogP contribution in [0.15, 0.2) is 78.9 Å². The zero-order valence-electron chi connectivity index (χ0n) is 51.4. The molecule has 4 heterocycles. The number of aliphatic hydroxyl groups excluding tert-OH is 1. The van der Waals surface area contributed by atoms with E-state index in [1.165, 1.54) is 25.3 Å². The Morgan fingerprint density at radius 1 is 0.798 bits per heavy atom. The van der Waals surface area contributed by atoms with Gasteiger partial charge in [0, 0.05) is 86.2 Å². The standard InChI is InChI=1S/C65H82ClN9O14/c1-39(2)58(71-53(76)21-9-7-13-30-73-55(78)27-28-56(73)79)60(81)70-46(19-15-29-68-63(67)84)59(80)69-42-25-23-40(24-26-42)38-88-50-35-49-57(44-18-12-11-17-43(44)50)41(36-66)37-74(49)54(77)22-10-8-14-32-87-52-34-48-45(33-51(52)86-6)61(82)72-31-16-20-47(72)62(83)75(48)64(85)89-65(3,4)5/h11-12,17-18,23-28,33-35,39,41,46-47,58,62,83H,7-10,13-16,19-22,29-32,36-38H2,1-6H3,(H,69,80)(H,70,81)(H,71,76)(H3,67,68,84)/t41-,46+,47+,58+,62+/m1/s1. The van der Waals surface area contributed by atoms with Crippen molar-refractivity contribution >= 4 is 92.9 Å². The first kappa shape index (κ1) is 66.5. The number of amides is 10. The monoisotopic (exact) mass is 1250 g/mol. The molecule has 0 aromatic heterocycles. The van der Waals surface area contributed by atoms with E-state index >= 15 is 0 Å². The first-order valence-corrected chi connectivity index (χ1v) is 31.1. The zero-order chi connectivity index (χ0) is 64.1. The van der Waals surface area contributed by atoms with Gasteiger partial charge in [-0.05, 0) is 119 Å². The highest BCUT2D eigenvalue weighted by Crippen LogP contribution is 2.47. The van der Waals surface area contributed by atoms with Gasteiger partial charge >= 0.3 is 12.1 Å². The number of urea groups is 1. The summed E-state index contributed by atoms with van der Waals surface area (Å²) < 4.78 is 24.1. The predicted octanol–water partition coefficient (Wildman–Crippen LogP) is 7.91. The van der Waals surface area contributed by atoms with Crippen LogP contribution in [0.4, 0.5) is 26.7 Å². The van der Waals surface area contributed by atoms with E-state index in [0.717, 1.165) is 37.4 Å². The third kappa shape index (κ3) is 16.6. The number of nitrogens with zero attached hydrogens (tertiary/aromatic N) is 4. The lowest BCUT2D eigenvalue weighted by molar-refractivity contribution is -0.137. The fourth-order valence-electron chi connectivity index (χ4n) is 11.6. The van der Waals surface area contributed by atoms with Crippen molar-refractivity contribution in [3.8, 4) is 17.2 Å². The van der Waals surface area contributed by atoms with Gasteiger partial charge in [-0.1, -0.05) is 56.7 Å². The summed E-state index contributed by atoms with van der Waals surface area (Å²) in [5, 5.41) is 24.4. The number of benzene rings is 4. The molecule has 4 aliphatic heterocycles. The van der Waals surface area contributed by atoms with E-state index in [9.17, 15) is 48.3 Å². The van der Waals surface area contributed by atoms with Gasteiger partial charge in [-0.25, -0.2) is 14.5 Å². The molecule has 478 valence electrons. The number of hydrogen-bond acceptors (Lipinski definition) is 14. The lowest BCUT2D eigenvalue weighted by Crippen LogP contribution is -2.54. The molecular formula is C65H82ClN9O14. The number of hydrogen-bond donors (Lipinski definition) is 6. The fourth-order valence-corrected chi connectivity index (χ4v) is 11.8. The van der Waals surface area contributed by atoms with Gasteiger partial charge in [-0.15, -0.1) is 11.6 Å². The van der Waals surface area contributed by atoms with E-state index in [0.29, 0.717) is 88.2 Å². The molecule has 8 rings (SSSR count). The zero-order valence-corrected chi connectivity index (χ0v) is 52.2. The van der Waals surface area contributed by atoms with Crippen LogP contribution < -0.4 is 51.0 Å². The van der Waals surface area contributed by atoms with Crippen molar-refractivity contribution in [3.05, 3.63) is 95.6 Å². The van der Waals surface area contributed by atoms with Gasteiger partial charge in [0.2, 0.25) is 23.6 Å². The number of nitrogens with two attached hydrogens (primary N) is 1. The molecule has 0 radical (unpaired) electrons. The summed E-state index contributed by atoms with van der Waals surface area (Å²) in [6, 6.07) is 16.5. The minimum absolute atomic E-state index is 0.0703. The Bertz CT molecular complexity index is 3300. The highest BCUT2D eigenvalue weighted by Gasteiger charge is 2.46. The Balaban J connectivity index is 0.862. The van der Waals surface area contributed by atoms with Crippen LogP contribution in [-0.4, -0.2) is 144 Å². The first-order valence-electron chi connectivity index (χ1n) is 30.5. The summed E-state index contributed by atoms with van der Waals surface area (Å²) >= 11 is 6.62. The number of halogens is 1. The number of unbranched alkanes of at least 4 members (excludes halogenated alkanes) is 4. The summed E-state index contributed by atoms with van der Waals surface area (Å²) in [7, 11) is 1.46. The number of alkyl halides is 1. The van der Waals surface area contributed by atoms with Crippen LogP contribution in [0.2, 0.25) is 0 Å². The molecule has 7 N–H and O–H groups in total. The molecular weight excluding hydrogens is 1170 g/mol. The molecule has 1 fully saturated rings. The summed E-state index contributed by atoms with van der Waals surface area (Å²) in [6.45, 7) is 10.3. The quantitative estimate of drug-likeness (QED) is 0.0179. The van der Waals surface area contributed by atoms with Crippen molar-refractivity contribution < 1.29 is 67.2 Å². The van der Waals surface area contributed by atoms with E-state index < -0.39 is 53.9 Å². The summed E-state index contributed by atoms with van der Waals surface area (Å²) in [4.78, 5) is 123. The number of fused-ring (bicyclic) bond motifs is 5. The average molecular weight is 1250 g/mol. The Morgan fingerprint density at radius 3 is 2.18 bits per heavy atom. The largest absolute Gasteiger partial charge is 0.493 e. The van der Waals surface area contributed by atoms with E-state index in [4.69, 9.17) is 36.3 Å². The molecule has 10 amide bonds. The lowest BCUT2D eigenvalue weighted by atomic mass is 9.95. The Morgan fingerprint density at radius 2 is 1.49 bits per heavy atom. The number of nitrogens with one attached hydrogen (secondary N) is 4. The molecule has 23 nitrogen and oxygen atoms in total. The summed E-state index contributed by atoms with van der Waals surface area (Å²) in [6.07, 6.45) is 5.61. The number of imide groups is 1. The molecule has 1 saturated heterocycles. The molecule has 0 saturated carbocycles. The molecule has 4 aliphatic rings. The maximum Gasteiger partial charge on any atom is 0.417 e. The van der Waals surface area contributed by atoms with Crippen LogP contribution in [0.5, 0.6) is 17.2 Å². The molecule has 4 aromatic carbocycles. The van der Waals surface area contributed by atoms with Crippen molar-refractivity contribution in [2.24, 2.45) is 11.7 Å². The van der Waals surface area contributed by atoms with Gasteiger partial charge in [-0.2, -0.15) is 0 Å². The third-order valence-corrected chi connectivity index (χ3v) is 16.5. The van der Waals surface area contributed by atoms with Gasteiger partial charge in [-0.3, -0.25) is 38.5 Å². The first-order chi connectivity index (χ1) is 42.6. The fraction of sp³-hybridized carbons (Fsp3) is 0.492. The number of ether oxygens (including phenoxy) is 4. The van der Waals surface area contributed by atoms with Crippen molar-refractivity contribution in [2.75, 3.05) is 60.9 Å². The topological polar surface area (TPSA) is 298 Å². The number of rotatable bonds is 28. The summed E-state index contributed by atoms with van der Waals surface area (Å²) in [5.74, 6) is -1.61. The van der Waals surface area contributed by atoms with Gasteiger partial charge < -0.3 is 60.9 Å². The van der Waals surface area contributed by atoms with Crippen LogP contribution in [0.1, 0.15) is 139 Å².